The number of nitrogens with zero attached hydrogens (tertiary/aromatic N) is 1. The van der Waals surface area contributed by atoms with Gasteiger partial charge in [-0.3, -0.25) is 4.79 Å². The van der Waals surface area contributed by atoms with E-state index in [0.29, 0.717) is 0 Å². The first-order valence-corrected chi connectivity index (χ1v) is 5.41. The van der Waals surface area contributed by atoms with E-state index in [2.05, 4.69) is 4.74 Å². The Morgan fingerprint density at radius 2 is 2.06 bits per heavy atom. The number of aliphatic hydroxyl groups excluding tert-OH is 1. The van der Waals surface area contributed by atoms with Gasteiger partial charge in [0, 0.05) is 32.2 Å². The Morgan fingerprint density at radius 3 is 2.61 bits per heavy atom. The Hall–Kier alpha value is -1.69. The van der Waals surface area contributed by atoms with Gasteiger partial charge in [0.15, 0.2) is 17.4 Å². The lowest BCUT2D eigenvalue weighted by Crippen LogP contribution is -2.27. The second-order valence-corrected chi connectivity index (χ2v) is 3.72. The van der Waals surface area contributed by atoms with Crippen molar-refractivity contribution in [2.75, 3.05) is 25.7 Å². The highest BCUT2D eigenvalue weighted by Crippen LogP contribution is 2.27. The molecule has 1 rings (SSSR count). The maximum absolute atomic E-state index is 13.7. The molecule has 1 amide bonds. The predicted molar refractivity (Wildman–Crippen MR) is 62.6 cm³/mol. The largest absolute Gasteiger partial charge is 0.494 e. The molecular formula is C12H15F2NO3. The van der Waals surface area contributed by atoms with E-state index in [-0.39, 0.29) is 30.9 Å². The zero-order valence-electron chi connectivity index (χ0n) is 10.2. The lowest BCUT2D eigenvalue weighted by atomic mass is 10.2. The number of ether oxygens (including phenoxy) is 1. The van der Waals surface area contributed by atoms with Crippen LogP contribution in [0.4, 0.5) is 14.5 Å². The molecule has 0 bridgehead atoms. The van der Waals surface area contributed by atoms with Gasteiger partial charge in [0.25, 0.3) is 0 Å². The number of methoxy groups -OCH3 is 1. The average molecular weight is 259 g/mol. The van der Waals surface area contributed by atoms with Crippen molar-refractivity contribution in [3.05, 3.63) is 23.8 Å². The summed E-state index contributed by atoms with van der Waals surface area (Å²) in [4.78, 5) is 12.6. The van der Waals surface area contributed by atoms with Crippen molar-refractivity contribution >= 4 is 11.6 Å². The SMILES string of the molecule is COc1cc(F)c(N(C)C(=O)CCCO)cc1F. The molecule has 0 spiro atoms. The molecule has 4 nitrogen and oxygen atoms in total. The van der Waals surface area contributed by atoms with Crippen LogP contribution in [0.5, 0.6) is 5.75 Å². The van der Waals surface area contributed by atoms with Gasteiger partial charge >= 0.3 is 0 Å². The summed E-state index contributed by atoms with van der Waals surface area (Å²) < 4.78 is 31.7. The van der Waals surface area contributed by atoms with Crippen molar-refractivity contribution < 1.29 is 23.4 Å². The Kier molecular flexibility index (Phi) is 5.03. The molecule has 0 aliphatic heterocycles. The summed E-state index contributed by atoms with van der Waals surface area (Å²) in [5.74, 6) is -2.09. The molecule has 0 aliphatic rings. The van der Waals surface area contributed by atoms with E-state index < -0.39 is 17.5 Å². The number of carbonyl (C=O) groups excluding carboxylic acids is 1. The van der Waals surface area contributed by atoms with Crippen LogP contribution in [0.15, 0.2) is 12.1 Å². The third-order valence-corrected chi connectivity index (χ3v) is 2.51. The van der Waals surface area contributed by atoms with E-state index in [1.807, 2.05) is 0 Å². The smallest absolute Gasteiger partial charge is 0.226 e. The molecule has 18 heavy (non-hydrogen) atoms. The monoisotopic (exact) mass is 259 g/mol. The molecule has 0 radical (unpaired) electrons. The number of benzene rings is 1. The summed E-state index contributed by atoms with van der Waals surface area (Å²) in [5.41, 5.74) is -0.156. The molecule has 0 heterocycles. The van der Waals surface area contributed by atoms with Gasteiger partial charge in [-0.15, -0.1) is 0 Å². The minimum absolute atomic E-state index is 0.0695. The second-order valence-electron chi connectivity index (χ2n) is 3.72. The summed E-state index contributed by atoms with van der Waals surface area (Å²) in [5, 5.41) is 8.61. The molecule has 0 atom stereocenters. The molecule has 0 aliphatic carbocycles. The number of hydrogen-bond donors (Lipinski definition) is 1. The molecule has 1 aromatic rings. The Labute approximate surface area is 104 Å². The number of amides is 1. The summed E-state index contributed by atoms with van der Waals surface area (Å²) in [6.45, 7) is -0.126. The van der Waals surface area contributed by atoms with E-state index >= 15 is 0 Å². The number of rotatable bonds is 5. The number of halogens is 2. The first-order valence-electron chi connectivity index (χ1n) is 5.41. The predicted octanol–water partition coefficient (Wildman–Crippen LogP) is 1.71. The van der Waals surface area contributed by atoms with Crippen LogP contribution in [0.1, 0.15) is 12.8 Å². The lowest BCUT2D eigenvalue weighted by Gasteiger charge is -2.18. The van der Waals surface area contributed by atoms with Gasteiger partial charge in [-0.05, 0) is 6.42 Å². The van der Waals surface area contributed by atoms with Crippen molar-refractivity contribution in [3.8, 4) is 5.75 Å². The number of hydrogen-bond acceptors (Lipinski definition) is 3. The molecule has 1 aromatic carbocycles. The van der Waals surface area contributed by atoms with Gasteiger partial charge < -0.3 is 14.7 Å². The highest BCUT2D eigenvalue weighted by Gasteiger charge is 2.17. The Bertz CT molecular complexity index is 438. The molecule has 0 aromatic heterocycles. The maximum atomic E-state index is 13.7. The molecule has 0 unspecified atom stereocenters. The van der Waals surface area contributed by atoms with Crippen LogP contribution in [-0.2, 0) is 4.79 Å². The zero-order chi connectivity index (χ0) is 13.7. The minimum Gasteiger partial charge on any atom is -0.494 e. The fourth-order valence-corrected chi connectivity index (χ4v) is 1.46. The third kappa shape index (κ3) is 3.16. The summed E-state index contributed by atoms with van der Waals surface area (Å²) >= 11 is 0. The van der Waals surface area contributed by atoms with Crippen molar-refractivity contribution in [3.63, 3.8) is 0 Å². The average Bonchev–Trinajstić information content (AvgIpc) is 2.37. The minimum atomic E-state index is -0.743. The maximum Gasteiger partial charge on any atom is 0.226 e. The molecule has 100 valence electrons. The van der Waals surface area contributed by atoms with Crippen LogP contribution in [0, 0.1) is 11.6 Å². The first-order chi connectivity index (χ1) is 8.51. The van der Waals surface area contributed by atoms with E-state index in [9.17, 15) is 13.6 Å². The van der Waals surface area contributed by atoms with Crippen LogP contribution in [-0.4, -0.2) is 31.8 Å². The fraction of sp³-hybridized carbons (Fsp3) is 0.417. The van der Waals surface area contributed by atoms with Gasteiger partial charge in [0.2, 0.25) is 5.91 Å². The molecular weight excluding hydrogens is 244 g/mol. The summed E-state index contributed by atoms with van der Waals surface area (Å²) in [6, 6.07) is 1.80. The Morgan fingerprint density at radius 1 is 1.39 bits per heavy atom. The van der Waals surface area contributed by atoms with E-state index in [4.69, 9.17) is 5.11 Å². The summed E-state index contributed by atoms with van der Waals surface area (Å²) in [7, 11) is 2.58. The highest BCUT2D eigenvalue weighted by atomic mass is 19.1. The van der Waals surface area contributed by atoms with E-state index in [1.165, 1.54) is 14.2 Å². The third-order valence-electron chi connectivity index (χ3n) is 2.51. The van der Waals surface area contributed by atoms with E-state index in [1.54, 1.807) is 0 Å². The van der Waals surface area contributed by atoms with E-state index in [0.717, 1.165) is 17.0 Å². The standard InChI is InChI=1S/C12H15F2NO3/c1-15(12(17)4-3-5-16)10-6-9(14)11(18-2)7-8(10)13/h6-7,16H,3-5H2,1-2H3. The van der Waals surface area contributed by atoms with Crippen molar-refractivity contribution in [1.82, 2.24) is 0 Å². The first kappa shape index (κ1) is 14.4. The molecule has 0 fully saturated rings. The quantitative estimate of drug-likeness (QED) is 0.875. The van der Waals surface area contributed by atoms with Gasteiger partial charge in [0.05, 0.1) is 12.8 Å². The van der Waals surface area contributed by atoms with Gasteiger partial charge in [-0.25, -0.2) is 8.78 Å². The molecule has 0 saturated heterocycles. The molecule has 6 heteroatoms. The highest BCUT2D eigenvalue weighted by molar-refractivity contribution is 5.92. The fourth-order valence-electron chi connectivity index (χ4n) is 1.46. The van der Waals surface area contributed by atoms with Crippen molar-refractivity contribution in [2.45, 2.75) is 12.8 Å². The van der Waals surface area contributed by atoms with Gasteiger partial charge in [0.1, 0.15) is 0 Å². The van der Waals surface area contributed by atoms with Crippen LogP contribution in [0.3, 0.4) is 0 Å². The van der Waals surface area contributed by atoms with Crippen LogP contribution in [0.25, 0.3) is 0 Å². The molecule has 0 saturated carbocycles. The van der Waals surface area contributed by atoms with Crippen molar-refractivity contribution in [1.29, 1.82) is 0 Å². The topological polar surface area (TPSA) is 49.8 Å². The van der Waals surface area contributed by atoms with Crippen LogP contribution in [0.2, 0.25) is 0 Å². The Balaban J connectivity index is 2.95. The van der Waals surface area contributed by atoms with Crippen LogP contribution < -0.4 is 9.64 Å². The van der Waals surface area contributed by atoms with Crippen LogP contribution >= 0.6 is 0 Å². The molecule has 1 N–H and O–H groups in total. The second kappa shape index (κ2) is 6.30. The summed E-state index contributed by atoms with van der Waals surface area (Å²) in [6.07, 6.45) is 0.351. The number of anilines is 1. The lowest BCUT2D eigenvalue weighted by molar-refractivity contribution is -0.118. The van der Waals surface area contributed by atoms with Crippen molar-refractivity contribution in [2.24, 2.45) is 0 Å². The zero-order valence-corrected chi connectivity index (χ0v) is 10.2. The van der Waals surface area contributed by atoms with Gasteiger partial charge in [-0.2, -0.15) is 0 Å². The number of carbonyl (C=O) groups is 1. The van der Waals surface area contributed by atoms with Gasteiger partial charge in [-0.1, -0.05) is 0 Å². The number of aliphatic hydroxyl groups is 1. The normalized spacial score (nSPS) is 10.3.